The molecule has 4 heteroatoms. The number of rotatable bonds is 1. The number of pyridine rings is 2. The van der Waals surface area contributed by atoms with Crippen LogP contribution in [0.2, 0.25) is 0 Å². The molecule has 3 nitrogen and oxygen atoms in total. The van der Waals surface area contributed by atoms with E-state index in [2.05, 4.69) is 90.1 Å². The lowest BCUT2D eigenvalue weighted by Gasteiger charge is -2.34. The predicted molar refractivity (Wildman–Crippen MR) is 158 cm³/mol. The van der Waals surface area contributed by atoms with E-state index in [9.17, 15) is 0 Å². The number of aromatic nitrogens is 3. The van der Waals surface area contributed by atoms with Crippen LogP contribution in [-0.2, 0) is 5.41 Å². The number of hydrogen-bond donors (Lipinski definition) is 0. The van der Waals surface area contributed by atoms with Crippen molar-refractivity contribution in [1.29, 1.82) is 0 Å². The van der Waals surface area contributed by atoms with E-state index in [4.69, 9.17) is 4.98 Å². The molecule has 0 unspecified atom stereocenters. The molecule has 8 rings (SSSR count). The van der Waals surface area contributed by atoms with Gasteiger partial charge in [0.25, 0.3) is 0 Å². The summed E-state index contributed by atoms with van der Waals surface area (Å²) in [6.07, 6.45) is 5.82. The van der Waals surface area contributed by atoms with Gasteiger partial charge < -0.3 is 4.57 Å². The third-order valence-corrected chi connectivity index (χ3v) is 8.86. The van der Waals surface area contributed by atoms with Crippen molar-refractivity contribution in [2.75, 3.05) is 0 Å². The van der Waals surface area contributed by atoms with Crippen LogP contribution in [0, 0.1) is 0 Å². The van der Waals surface area contributed by atoms with E-state index in [1.54, 1.807) is 0 Å². The lowest BCUT2D eigenvalue weighted by Crippen LogP contribution is -2.26. The van der Waals surface area contributed by atoms with Gasteiger partial charge in [0.2, 0.25) is 0 Å². The van der Waals surface area contributed by atoms with Crippen LogP contribution in [0.1, 0.15) is 38.8 Å². The molecule has 0 radical (unpaired) electrons. The van der Waals surface area contributed by atoms with E-state index in [1.165, 1.54) is 59.0 Å². The molecule has 0 N–H and O–H groups in total. The maximum atomic E-state index is 4.85. The van der Waals surface area contributed by atoms with Crippen molar-refractivity contribution in [2.45, 2.75) is 33.1 Å². The fraction of sp³-hybridized carbons (Fsp3) is 0.152. The van der Waals surface area contributed by atoms with Crippen molar-refractivity contribution in [1.82, 2.24) is 14.5 Å². The zero-order chi connectivity index (χ0) is 25.3. The van der Waals surface area contributed by atoms with Gasteiger partial charge in [0.05, 0.1) is 22.2 Å². The highest BCUT2D eigenvalue weighted by Gasteiger charge is 2.36. The van der Waals surface area contributed by atoms with Crippen LogP contribution in [-0.4, -0.2) is 14.5 Å². The summed E-state index contributed by atoms with van der Waals surface area (Å²) < 4.78 is 5.05. The van der Waals surface area contributed by atoms with Crippen LogP contribution in [0.3, 0.4) is 0 Å². The van der Waals surface area contributed by atoms with Gasteiger partial charge in [-0.3, -0.25) is 9.97 Å². The van der Waals surface area contributed by atoms with E-state index in [1.807, 2.05) is 49.8 Å². The molecular weight excluding hydrogens is 470 g/mol. The molecule has 0 saturated carbocycles. The van der Waals surface area contributed by atoms with Crippen LogP contribution >= 0.6 is 11.3 Å². The van der Waals surface area contributed by atoms with E-state index < -0.39 is 0 Å². The Morgan fingerprint density at radius 2 is 1.54 bits per heavy atom. The van der Waals surface area contributed by atoms with Gasteiger partial charge in [-0.25, -0.2) is 0 Å². The summed E-state index contributed by atoms with van der Waals surface area (Å²) in [4.78, 5) is 9.36. The standard InChI is InChI=1S/C31H21N3S.C2H6/c1-31(2)23-16-19(18-9-10-28-21(14-18)20-6-3-4-8-27(20)35-28)15-22-29-26(7-5-12-33-29)34(30(22)23)25-11-13-32-17-24(25)31;1-2/h3-17H,1-2H3;1-2H3. The minimum Gasteiger partial charge on any atom is -0.307 e. The molecule has 0 spiro atoms. The number of fused-ring (bicyclic) bond motifs is 8. The van der Waals surface area contributed by atoms with Gasteiger partial charge in [0, 0.05) is 55.1 Å². The van der Waals surface area contributed by atoms with Gasteiger partial charge in [-0.05, 0) is 65.2 Å². The number of nitrogens with zero attached hydrogens (tertiary/aromatic N) is 3. The highest BCUT2D eigenvalue weighted by molar-refractivity contribution is 7.25. The summed E-state index contributed by atoms with van der Waals surface area (Å²) in [6, 6.07) is 26.7. The Bertz CT molecular complexity index is 1990. The normalized spacial score (nSPS) is 13.6. The molecule has 0 saturated heterocycles. The molecule has 0 atom stereocenters. The lowest BCUT2D eigenvalue weighted by molar-refractivity contribution is 0.627. The quantitative estimate of drug-likeness (QED) is 0.226. The summed E-state index contributed by atoms with van der Waals surface area (Å²) in [7, 11) is 0. The molecule has 0 amide bonds. The predicted octanol–water partition coefficient (Wildman–Crippen LogP) is 9.27. The summed E-state index contributed by atoms with van der Waals surface area (Å²) >= 11 is 1.86. The minimum atomic E-state index is -0.179. The second-order valence-electron chi connectivity index (χ2n) is 9.95. The van der Waals surface area contributed by atoms with Gasteiger partial charge in [-0.15, -0.1) is 11.3 Å². The summed E-state index contributed by atoms with van der Waals surface area (Å²) in [5.41, 5.74) is 9.50. The Kier molecular flexibility index (Phi) is 4.79. The monoisotopic (exact) mass is 497 g/mol. The maximum Gasteiger partial charge on any atom is 0.0963 e. The lowest BCUT2D eigenvalue weighted by atomic mass is 9.74. The molecule has 0 aliphatic carbocycles. The van der Waals surface area contributed by atoms with E-state index in [0.29, 0.717) is 0 Å². The van der Waals surface area contributed by atoms with Crippen molar-refractivity contribution < 1.29 is 0 Å². The highest BCUT2D eigenvalue weighted by Crippen LogP contribution is 2.48. The van der Waals surface area contributed by atoms with Gasteiger partial charge >= 0.3 is 0 Å². The first-order valence-corrected chi connectivity index (χ1v) is 13.7. The minimum absolute atomic E-state index is 0.179. The molecule has 180 valence electrons. The maximum absolute atomic E-state index is 4.85. The topological polar surface area (TPSA) is 30.7 Å². The molecule has 0 fully saturated rings. The van der Waals surface area contributed by atoms with E-state index >= 15 is 0 Å². The molecule has 1 aliphatic heterocycles. The largest absolute Gasteiger partial charge is 0.307 e. The summed E-state index contributed by atoms with van der Waals surface area (Å²) in [6.45, 7) is 8.63. The SMILES string of the molecule is CC.CC1(C)c2cnccc2-n2c3cccnc3c3cc(-c4ccc5sc6ccccc6c5c4)cc1c32. The smallest absolute Gasteiger partial charge is 0.0963 e. The fourth-order valence-corrected chi connectivity index (χ4v) is 7.06. The zero-order valence-corrected chi connectivity index (χ0v) is 22.2. The Morgan fingerprint density at radius 3 is 2.43 bits per heavy atom. The van der Waals surface area contributed by atoms with Crippen molar-refractivity contribution in [3.05, 3.63) is 103 Å². The molecule has 3 aromatic carbocycles. The van der Waals surface area contributed by atoms with Crippen LogP contribution in [0.15, 0.2) is 91.4 Å². The van der Waals surface area contributed by atoms with Crippen molar-refractivity contribution >= 4 is 53.4 Å². The first-order chi connectivity index (χ1) is 18.1. The third kappa shape index (κ3) is 2.99. The number of hydrogen-bond acceptors (Lipinski definition) is 3. The Morgan fingerprint density at radius 1 is 0.730 bits per heavy atom. The van der Waals surface area contributed by atoms with Crippen molar-refractivity contribution in [3.8, 4) is 16.8 Å². The molecule has 7 aromatic rings. The van der Waals surface area contributed by atoms with E-state index in [-0.39, 0.29) is 5.41 Å². The zero-order valence-electron chi connectivity index (χ0n) is 21.4. The van der Waals surface area contributed by atoms with Gasteiger partial charge in [0.1, 0.15) is 0 Å². The van der Waals surface area contributed by atoms with Gasteiger partial charge in [0.15, 0.2) is 0 Å². The van der Waals surface area contributed by atoms with Crippen LogP contribution < -0.4 is 0 Å². The first-order valence-electron chi connectivity index (χ1n) is 12.9. The van der Waals surface area contributed by atoms with Crippen molar-refractivity contribution in [2.24, 2.45) is 0 Å². The Labute approximate surface area is 220 Å². The molecule has 1 aliphatic rings. The first kappa shape index (κ1) is 22.2. The second kappa shape index (κ2) is 7.99. The van der Waals surface area contributed by atoms with Gasteiger partial charge in [-0.2, -0.15) is 0 Å². The highest BCUT2D eigenvalue weighted by atomic mass is 32.1. The van der Waals surface area contributed by atoms with Crippen molar-refractivity contribution in [3.63, 3.8) is 0 Å². The third-order valence-electron chi connectivity index (χ3n) is 7.71. The number of benzene rings is 3. The summed E-state index contributed by atoms with van der Waals surface area (Å²) in [5.74, 6) is 0. The Hall–Kier alpha value is -4.02. The van der Waals surface area contributed by atoms with Crippen LogP contribution in [0.5, 0.6) is 0 Å². The average molecular weight is 498 g/mol. The molecule has 0 bridgehead atoms. The number of thiophene rings is 1. The molecule has 37 heavy (non-hydrogen) atoms. The molecule has 5 heterocycles. The van der Waals surface area contributed by atoms with E-state index in [0.717, 1.165) is 11.0 Å². The Balaban J connectivity index is 0.00000113. The summed E-state index contributed by atoms with van der Waals surface area (Å²) in [5, 5.41) is 3.86. The second-order valence-corrected chi connectivity index (χ2v) is 11.0. The van der Waals surface area contributed by atoms with Crippen LogP contribution in [0.4, 0.5) is 0 Å². The van der Waals surface area contributed by atoms with Crippen LogP contribution in [0.25, 0.3) is 58.9 Å². The average Bonchev–Trinajstić information content (AvgIpc) is 3.48. The molecular formula is C33H27N3S. The molecule has 4 aromatic heterocycles. The fourth-order valence-electron chi connectivity index (χ4n) is 5.97. The van der Waals surface area contributed by atoms with Gasteiger partial charge in [-0.1, -0.05) is 52.0 Å².